The fraction of sp³-hybridized carbons (Fsp3) is 0.462. The van der Waals surface area contributed by atoms with Crippen LogP contribution in [0.3, 0.4) is 0 Å². The summed E-state index contributed by atoms with van der Waals surface area (Å²) in [6.07, 6.45) is 0. The van der Waals surface area contributed by atoms with Crippen molar-refractivity contribution in [2.75, 3.05) is 13.2 Å². The molecule has 4 heteroatoms. The zero-order chi connectivity index (χ0) is 12.7. The molecule has 0 aliphatic carbocycles. The van der Waals surface area contributed by atoms with Crippen molar-refractivity contribution in [2.24, 2.45) is 10.9 Å². The Kier molecular flexibility index (Phi) is 5.49. The van der Waals surface area contributed by atoms with Gasteiger partial charge in [-0.25, -0.2) is 0 Å². The molecule has 94 valence electrons. The quantitative estimate of drug-likeness (QED) is 0.468. The summed E-state index contributed by atoms with van der Waals surface area (Å²) in [6.45, 7) is 7.67. The second kappa shape index (κ2) is 6.91. The molecule has 0 radical (unpaired) electrons. The molecule has 0 aliphatic rings. The molecule has 0 aromatic heterocycles. The van der Waals surface area contributed by atoms with Gasteiger partial charge in [0.15, 0.2) is 0 Å². The summed E-state index contributed by atoms with van der Waals surface area (Å²) in [7, 11) is 0. The molecule has 0 spiro atoms. The fourth-order valence-corrected chi connectivity index (χ4v) is 1.50. The second-order valence-electron chi connectivity index (χ2n) is 3.61. The maximum atomic E-state index is 5.55. The molecule has 0 amide bonds. The lowest BCUT2D eigenvalue weighted by Crippen LogP contribution is -2.04. The number of benzene rings is 1. The summed E-state index contributed by atoms with van der Waals surface area (Å²) >= 11 is 0. The first-order valence-corrected chi connectivity index (χ1v) is 5.81. The molecule has 1 aromatic carbocycles. The highest BCUT2D eigenvalue weighted by atomic mass is 16.5. The van der Waals surface area contributed by atoms with Gasteiger partial charge in [-0.3, -0.25) is 0 Å². The van der Waals surface area contributed by atoms with Gasteiger partial charge in [-0.2, -0.15) is 5.10 Å². The van der Waals surface area contributed by atoms with Gasteiger partial charge in [-0.05, 0) is 44.5 Å². The molecule has 0 fully saturated rings. The first kappa shape index (κ1) is 13.5. The molecule has 0 aliphatic heterocycles. The minimum absolute atomic E-state index is 0.539. The van der Waals surface area contributed by atoms with Crippen LogP contribution in [0.1, 0.15) is 31.9 Å². The van der Waals surface area contributed by atoms with Crippen LogP contribution in [0.15, 0.2) is 23.3 Å². The Morgan fingerprint density at radius 3 is 2.65 bits per heavy atom. The van der Waals surface area contributed by atoms with Crippen LogP contribution in [0.25, 0.3) is 0 Å². The average molecular weight is 236 g/mol. The van der Waals surface area contributed by atoms with Crippen LogP contribution in [0, 0.1) is 0 Å². The van der Waals surface area contributed by atoms with Crippen LogP contribution in [0.5, 0.6) is 5.75 Å². The van der Waals surface area contributed by atoms with Gasteiger partial charge in [0.1, 0.15) is 5.75 Å². The summed E-state index contributed by atoms with van der Waals surface area (Å²) in [5.41, 5.74) is 2.81. The molecule has 17 heavy (non-hydrogen) atoms. The topological polar surface area (TPSA) is 56.8 Å². The highest BCUT2D eigenvalue weighted by molar-refractivity contribution is 5.98. The first-order valence-electron chi connectivity index (χ1n) is 5.81. The monoisotopic (exact) mass is 236 g/mol. The molecule has 2 N–H and O–H groups in total. The van der Waals surface area contributed by atoms with Crippen LogP contribution in [-0.4, -0.2) is 18.9 Å². The van der Waals surface area contributed by atoms with Crippen molar-refractivity contribution in [3.05, 3.63) is 29.3 Å². The number of hydrogen-bond donors (Lipinski definition) is 1. The van der Waals surface area contributed by atoms with Gasteiger partial charge in [0.2, 0.25) is 0 Å². The van der Waals surface area contributed by atoms with Crippen molar-refractivity contribution in [1.82, 2.24) is 0 Å². The van der Waals surface area contributed by atoms with E-state index in [0.29, 0.717) is 19.8 Å². The largest absolute Gasteiger partial charge is 0.494 e. The highest BCUT2D eigenvalue weighted by Crippen LogP contribution is 2.21. The Morgan fingerprint density at radius 1 is 1.29 bits per heavy atom. The van der Waals surface area contributed by atoms with Crippen molar-refractivity contribution >= 4 is 5.71 Å². The smallest absolute Gasteiger partial charge is 0.124 e. The maximum absolute atomic E-state index is 5.55. The standard InChI is InChI=1S/C13H20N2O2/c1-4-16-9-12-8-11(10(3)15-14)6-7-13(12)17-5-2/h6-8H,4-5,9,14H2,1-3H3/b15-10+. The van der Waals surface area contributed by atoms with Crippen LogP contribution in [0.4, 0.5) is 0 Å². The van der Waals surface area contributed by atoms with Crippen LogP contribution in [0.2, 0.25) is 0 Å². The number of rotatable bonds is 6. The molecular formula is C13H20N2O2. The maximum Gasteiger partial charge on any atom is 0.124 e. The lowest BCUT2D eigenvalue weighted by molar-refractivity contribution is 0.131. The zero-order valence-corrected chi connectivity index (χ0v) is 10.7. The third kappa shape index (κ3) is 3.75. The van der Waals surface area contributed by atoms with E-state index < -0.39 is 0 Å². The predicted molar refractivity (Wildman–Crippen MR) is 69.3 cm³/mol. The van der Waals surface area contributed by atoms with E-state index >= 15 is 0 Å². The third-order valence-electron chi connectivity index (χ3n) is 2.43. The molecule has 0 bridgehead atoms. The number of ether oxygens (including phenoxy) is 2. The number of nitrogens with zero attached hydrogens (tertiary/aromatic N) is 1. The first-order chi connectivity index (χ1) is 8.22. The van der Waals surface area contributed by atoms with Gasteiger partial charge >= 0.3 is 0 Å². The van der Waals surface area contributed by atoms with E-state index in [1.807, 2.05) is 39.0 Å². The van der Waals surface area contributed by atoms with Crippen molar-refractivity contribution in [1.29, 1.82) is 0 Å². The Balaban J connectivity index is 3.00. The van der Waals surface area contributed by atoms with E-state index in [4.69, 9.17) is 15.3 Å². The van der Waals surface area contributed by atoms with E-state index in [0.717, 1.165) is 22.6 Å². The van der Waals surface area contributed by atoms with Gasteiger partial charge in [-0.15, -0.1) is 0 Å². The Hall–Kier alpha value is -1.55. The van der Waals surface area contributed by atoms with Crippen LogP contribution < -0.4 is 10.6 Å². The van der Waals surface area contributed by atoms with E-state index in [1.54, 1.807) is 0 Å². The summed E-state index contributed by atoms with van der Waals surface area (Å²) in [5, 5.41) is 3.69. The molecule has 0 heterocycles. The summed E-state index contributed by atoms with van der Waals surface area (Å²) in [5.74, 6) is 6.13. The Morgan fingerprint density at radius 2 is 2.06 bits per heavy atom. The molecule has 0 atom stereocenters. The molecule has 1 aromatic rings. The normalized spacial score (nSPS) is 11.6. The summed E-state index contributed by atoms with van der Waals surface area (Å²) in [4.78, 5) is 0. The summed E-state index contributed by atoms with van der Waals surface area (Å²) < 4.78 is 11.0. The lowest BCUT2D eigenvalue weighted by atomic mass is 10.1. The van der Waals surface area contributed by atoms with Gasteiger partial charge in [0, 0.05) is 12.2 Å². The molecule has 0 unspecified atom stereocenters. The highest BCUT2D eigenvalue weighted by Gasteiger charge is 2.06. The third-order valence-corrected chi connectivity index (χ3v) is 2.43. The molecule has 0 saturated heterocycles. The van der Waals surface area contributed by atoms with Crippen molar-refractivity contribution in [2.45, 2.75) is 27.4 Å². The molecular weight excluding hydrogens is 216 g/mol. The average Bonchev–Trinajstić information content (AvgIpc) is 2.37. The van der Waals surface area contributed by atoms with Crippen LogP contribution >= 0.6 is 0 Å². The Labute approximate surface area is 102 Å². The van der Waals surface area contributed by atoms with E-state index in [1.165, 1.54) is 0 Å². The molecule has 0 saturated carbocycles. The summed E-state index contributed by atoms with van der Waals surface area (Å²) in [6, 6.07) is 5.89. The van der Waals surface area contributed by atoms with Crippen molar-refractivity contribution < 1.29 is 9.47 Å². The van der Waals surface area contributed by atoms with E-state index in [9.17, 15) is 0 Å². The number of hydrazone groups is 1. The van der Waals surface area contributed by atoms with Crippen LogP contribution in [-0.2, 0) is 11.3 Å². The minimum Gasteiger partial charge on any atom is -0.494 e. The predicted octanol–water partition coefficient (Wildman–Crippen LogP) is 2.30. The van der Waals surface area contributed by atoms with Crippen molar-refractivity contribution in [3.8, 4) is 5.75 Å². The minimum atomic E-state index is 0.539. The van der Waals surface area contributed by atoms with Gasteiger partial charge in [-0.1, -0.05) is 0 Å². The fourth-order valence-electron chi connectivity index (χ4n) is 1.50. The molecule has 1 rings (SSSR count). The Bertz CT molecular complexity index is 389. The SMILES string of the molecule is CCOCc1cc(/C(C)=N/N)ccc1OCC. The van der Waals surface area contributed by atoms with Crippen molar-refractivity contribution in [3.63, 3.8) is 0 Å². The van der Waals surface area contributed by atoms with Gasteiger partial charge in [0.25, 0.3) is 0 Å². The lowest BCUT2D eigenvalue weighted by Gasteiger charge is -2.12. The number of nitrogens with two attached hydrogens (primary N) is 1. The van der Waals surface area contributed by atoms with Gasteiger partial charge < -0.3 is 15.3 Å². The zero-order valence-electron chi connectivity index (χ0n) is 10.7. The second-order valence-corrected chi connectivity index (χ2v) is 3.61. The molecule has 4 nitrogen and oxygen atoms in total. The van der Waals surface area contributed by atoms with E-state index in [-0.39, 0.29) is 0 Å². The van der Waals surface area contributed by atoms with Gasteiger partial charge in [0.05, 0.1) is 18.9 Å². The number of hydrogen-bond acceptors (Lipinski definition) is 4. The van der Waals surface area contributed by atoms with E-state index in [2.05, 4.69) is 5.10 Å².